The van der Waals surface area contributed by atoms with Gasteiger partial charge in [-0.3, -0.25) is 9.69 Å². The molecule has 1 amide bonds. The second kappa shape index (κ2) is 6.23. The van der Waals surface area contributed by atoms with Crippen LogP contribution in [0.3, 0.4) is 0 Å². The lowest BCUT2D eigenvalue weighted by Crippen LogP contribution is -2.46. The van der Waals surface area contributed by atoms with Crippen LogP contribution in [0.2, 0.25) is 0 Å². The number of β-amino-alcohol motifs (C(OH)–C–C–N with tert-alkyl or cyclic N) is 1. The summed E-state index contributed by atoms with van der Waals surface area (Å²) in [4.78, 5) is 16.8. The van der Waals surface area contributed by atoms with Crippen LogP contribution in [0.15, 0.2) is 12.1 Å². The number of anilines is 1. The number of likely N-dealkylation sites (tertiary alicyclic amines) is 1. The van der Waals surface area contributed by atoms with Crippen molar-refractivity contribution in [3.63, 3.8) is 0 Å². The summed E-state index contributed by atoms with van der Waals surface area (Å²) in [6.45, 7) is 7.32. The maximum Gasteiger partial charge on any atom is 0.244 e. The van der Waals surface area contributed by atoms with Gasteiger partial charge in [0.2, 0.25) is 5.91 Å². The van der Waals surface area contributed by atoms with Gasteiger partial charge in [-0.05, 0) is 44.7 Å². The fraction of sp³-hybridized carbons (Fsp3) is 0.611. The average Bonchev–Trinajstić information content (AvgIpc) is 3.01. The predicted molar refractivity (Wildman–Crippen MR) is 89.6 cm³/mol. The Morgan fingerprint density at radius 2 is 1.87 bits per heavy atom. The Morgan fingerprint density at radius 3 is 2.48 bits per heavy atom. The molecule has 0 unspecified atom stereocenters. The van der Waals surface area contributed by atoms with Gasteiger partial charge in [0.15, 0.2) is 0 Å². The highest BCUT2D eigenvalue weighted by atomic mass is 16.3. The van der Waals surface area contributed by atoms with Gasteiger partial charge in [0, 0.05) is 24.8 Å². The molecule has 0 aliphatic carbocycles. The number of rotatable bonds is 3. The highest BCUT2D eigenvalue weighted by molar-refractivity contribution is 6.00. The smallest absolute Gasteiger partial charge is 0.244 e. The number of amides is 1. The standard InChI is InChI=1S/C18H26N2O3/c1-11-6-12(2)17(13(3)7-11)19-5-4-16(18(19)23)20-9-15(22)8-14(20)10-21/h6-7,14-16,21-22H,4-5,8-10H2,1-3H3/t14-,15-,16+/m1/s1. The number of aliphatic hydroxyl groups is 2. The van der Waals surface area contributed by atoms with E-state index < -0.39 is 6.10 Å². The molecule has 2 aliphatic rings. The summed E-state index contributed by atoms with van der Waals surface area (Å²) in [6, 6.07) is 3.88. The molecule has 0 bridgehead atoms. The SMILES string of the molecule is Cc1cc(C)c(N2CC[C@H](N3C[C@H](O)C[C@@H]3CO)C2=O)c(C)c1. The molecule has 23 heavy (non-hydrogen) atoms. The minimum absolute atomic E-state index is 0.0105. The molecule has 0 spiro atoms. The van der Waals surface area contributed by atoms with Gasteiger partial charge in [-0.15, -0.1) is 0 Å². The van der Waals surface area contributed by atoms with Crippen molar-refractivity contribution in [3.8, 4) is 0 Å². The molecule has 2 heterocycles. The van der Waals surface area contributed by atoms with Gasteiger partial charge >= 0.3 is 0 Å². The van der Waals surface area contributed by atoms with Crippen molar-refractivity contribution in [2.45, 2.75) is 51.8 Å². The van der Waals surface area contributed by atoms with Gasteiger partial charge in [-0.25, -0.2) is 0 Å². The zero-order chi connectivity index (χ0) is 16.7. The van der Waals surface area contributed by atoms with Crippen molar-refractivity contribution in [3.05, 3.63) is 28.8 Å². The molecule has 0 radical (unpaired) electrons. The predicted octanol–water partition coefficient (Wildman–Crippen LogP) is 1.14. The zero-order valence-electron chi connectivity index (χ0n) is 14.1. The minimum Gasteiger partial charge on any atom is -0.395 e. The zero-order valence-corrected chi connectivity index (χ0v) is 14.1. The van der Waals surface area contributed by atoms with Crippen molar-refractivity contribution in [1.82, 2.24) is 4.90 Å². The van der Waals surface area contributed by atoms with Crippen LogP contribution in [0.5, 0.6) is 0 Å². The van der Waals surface area contributed by atoms with Crippen LogP contribution in [0.25, 0.3) is 0 Å². The summed E-state index contributed by atoms with van der Waals surface area (Å²) in [5, 5.41) is 19.4. The van der Waals surface area contributed by atoms with E-state index in [1.165, 1.54) is 5.56 Å². The lowest BCUT2D eigenvalue weighted by molar-refractivity contribution is -0.122. The normalized spacial score (nSPS) is 28.8. The van der Waals surface area contributed by atoms with Crippen LogP contribution in [0.4, 0.5) is 5.69 Å². The number of hydrogen-bond acceptors (Lipinski definition) is 4. The summed E-state index contributed by atoms with van der Waals surface area (Å²) in [6.07, 6.45) is 0.842. The first-order valence-electron chi connectivity index (χ1n) is 8.36. The van der Waals surface area contributed by atoms with Gasteiger partial charge in [-0.2, -0.15) is 0 Å². The second-order valence-electron chi connectivity index (χ2n) is 6.96. The first-order valence-corrected chi connectivity index (χ1v) is 8.36. The number of hydrogen-bond donors (Lipinski definition) is 2. The van der Waals surface area contributed by atoms with Gasteiger partial charge in [0.05, 0.1) is 18.8 Å². The van der Waals surface area contributed by atoms with Crippen molar-refractivity contribution in [1.29, 1.82) is 0 Å². The van der Waals surface area contributed by atoms with Crippen LogP contribution in [-0.2, 0) is 4.79 Å². The molecule has 2 N–H and O–H groups in total. The van der Waals surface area contributed by atoms with Gasteiger partial charge < -0.3 is 15.1 Å². The Bertz CT molecular complexity index is 593. The Kier molecular flexibility index (Phi) is 4.45. The summed E-state index contributed by atoms with van der Waals surface area (Å²) < 4.78 is 0. The third kappa shape index (κ3) is 2.89. The quantitative estimate of drug-likeness (QED) is 0.877. The number of carbonyl (C=O) groups excluding carboxylic acids is 1. The fourth-order valence-electron chi connectivity index (χ4n) is 4.27. The molecule has 5 heteroatoms. The average molecular weight is 318 g/mol. The molecule has 3 rings (SSSR count). The molecule has 2 saturated heterocycles. The summed E-state index contributed by atoms with van der Waals surface area (Å²) in [5.41, 5.74) is 4.46. The summed E-state index contributed by atoms with van der Waals surface area (Å²) >= 11 is 0. The molecule has 0 saturated carbocycles. The van der Waals surface area contributed by atoms with E-state index in [2.05, 4.69) is 19.1 Å². The maximum absolute atomic E-state index is 13.0. The Balaban J connectivity index is 1.85. The van der Waals surface area contributed by atoms with Crippen LogP contribution in [0.1, 0.15) is 29.5 Å². The number of carbonyl (C=O) groups is 1. The van der Waals surface area contributed by atoms with E-state index in [0.717, 1.165) is 23.2 Å². The van der Waals surface area contributed by atoms with Crippen molar-refractivity contribution >= 4 is 11.6 Å². The van der Waals surface area contributed by atoms with Crippen LogP contribution in [-0.4, -0.2) is 58.9 Å². The molecule has 1 aromatic rings. The molecule has 126 valence electrons. The molecule has 2 fully saturated rings. The molecule has 3 atom stereocenters. The Labute approximate surface area is 137 Å². The third-order valence-electron chi connectivity index (χ3n) is 5.13. The van der Waals surface area contributed by atoms with Gasteiger partial charge in [-0.1, -0.05) is 17.7 Å². The Morgan fingerprint density at radius 1 is 1.22 bits per heavy atom. The van der Waals surface area contributed by atoms with E-state index in [1.807, 2.05) is 23.6 Å². The lowest BCUT2D eigenvalue weighted by Gasteiger charge is -2.28. The van der Waals surface area contributed by atoms with Crippen LogP contribution < -0.4 is 4.90 Å². The van der Waals surface area contributed by atoms with E-state index in [0.29, 0.717) is 19.5 Å². The monoisotopic (exact) mass is 318 g/mol. The molecule has 0 aromatic heterocycles. The van der Waals surface area contributed by atoms with Crippen LogP contribution >= 0.6 is 0 Å². The summed E-state index contributed by atoms with van der Waals surface area (Å²) in [7, 11) is 0. The second-order valence-corrected chi connectivity index (χ2v) is 6.96. The number of aryl methyl sites for hydroxylation is 3. The van der Waals surface area contributed by atoms with E-state index in [-0.39, 0.29) is 24.6 Å². The fourth-order valence-corrected chi connectivity index (χ4v) is 4.27. The third-order valence-corrected chi connectivity index (χ3v) is 5.13. The van der Waals surface area contributed by atoms with Crippen molar-refractivity contribution in [2.75, 3.05) is 24.6 Å². The van der Waals surface area contributed by atoms with Crippen molar-refractivity contribution < 1.29 is 15.0 Å². The van der Waals surface area contributed by atoms with Crippen molar-refractivity contribution in [2.24, 2.45) is 0 Å². The summed E-state index contributed by atoms with van der Waals surface area (Å²) in [5.74, 6) is 0.0904. The lowest BCUT2D eigenvalue weighted by atomic mass is 10.0. The topological polar surface area (TPSA) is 64.0 Å². The number of nitrogens with zero attached hydrogens (tertiary/aromatic N) is 2. The van der Waals surface area contributed by atoms with E-state index in [4.69, 9.17) is 0 Å². The number of aliphatic hydroxyl groups excluding tert-OH is 2. The molecule has 2 aliphatic heterocycles. The highest BCUT2D eigenvalue weighted by Gasteiger charge is 2.43. The van der Waals surface area contributed by atoms with Crippen LogP contribution in [0, 0.1) is 20.8 Å². The Hall–Kier alpha value is -1.43. The van der Waals surface area contributed by atoms with E-state index in [1.54, 1.807) is 0 Å². The first-order chi connectivity index (χ1) is 10.9. The first kappa shape index (κ1) is 16.4. The number of benzene rings is 1. The molecular weight excluding hydrogens is 292 g/mol. The molecule has 1 aromatic carbocycles. The molecule has 5 nitrogen and oxygen atoms in total. The van der Waals surface area contributed by atoms with Gasteiger partial charge in [0.25, 0.3) is 0 Å². The maximum atomic E-state index is 13.0. The van der Waals surface area contributed by atoms with E-state index >= 15 is 0 Å². The highest BCUT2D eigenvalue weighted by Crippen LogP contribution is 2.33. The van der Waals surface area contributed by atoms with E-state index in [9.17, 15) is 15.0 Å². The minimum atomic E-state index is -0.447. The van der Waals surface area contributed by atoms with Gasteiger partial charge in [0.1, 0.15) is 0 Å². The molecular formula is C18H26N2O3. The largest absolute Gasteiger partial charge is 0.395 e.